The zero-order valence-electron chi connectivity index (χ0n) is 8.33. The molecule has 0 spiro atoms. The Hall–Kier alpha value is -0.160. The van der Waals surface area contributed by atoms with Crippen molar-refractivity contribution in [1.29, 1.82) is 0 Å². The molecule has 76 valence electrons. The summed E-state index contributed by atoms with van der Waals surface area (Å²) in [6.07, 6.45) is 0.510. The molecule has 4 nitrogen and oxygen atoms in total. The van der Waals surface area contributed by atoms with E-state index in [4.69, 9.17) is 4.74 Å². The highest BCUT2D eigenvalue weighted by Gasteiger charge is 2.26. The first-order valence-corrected chi connectivity index (χ1v) is 5.11. The highest BCUT2D eigenvalue weighted by atomic mass is 16.5. The van der Waals surface area contributed by atoms with E-state index in [1.165, 1.54) is 0 Å². The molecule has 1 N–H and O–H groups in total. The Balaban J connectivity index is 1.88. The Morgan fingerprint density at radius 3 is 2.69 bits per heavy atom. The summed E-state index contributed by atoms with van der Waals surface area (Å²) in [5.41, 5.74) is 0. The number of hydrogen-bond donors (Lipinski definition) is 1. The van der Waals surface area contributed by atoms with Crippen molar-refractivity contribution in [1.82, 2.24) is 15.1 Å². The van der Waals surface area contributed by atoms with Gasteiger partial charge >= 0.3 is 0 Å². The minimum absolute atomic E-state index is 0.510. The summed E-state index contributed by atoms with van der Waals surface area (Å²) in [6.45, 7) is 7.36. The third kappa shape index (κ3) is 2.20. The largest absolute Gasteiger partial charge is 0.377 e. The second-order valence-electron chi connectivity index (χ2n) is 3.82. The third-order valence-electron chi connectivity index (χ3n) is 2.94. The molecule has 0 aromatic carbocycles. The van der Waals surface area contributed by atoms with Crippen LogP contribution in [0, 0.1) is 0 Å². The van der Waals surface area contributed by atoms with Crippen LogP contribution < -0.4 is 5.32 Å². The number of likely N-dealkylation sites (N-methyl/N-ethyl adjacent to an activating group) is 1. The molecule has 1 atom stereocenters. The lowest BCUT2D eigenvalue weighted by atomic mass is 10.3. The van der Waals surface area contributed by atoms with E-state index in [0.29, 0.717) is 6.17 Å². The van der Waals surface area contributed by atoms with Crippen LogP contribution in [0.25, 0.3) is 0 Å². The predicted molar refractivity (Wildman–Crippen MR) is 51.7 cm³/mol. The van der Waals surface area contributed by atoms with Gasteiger partial charge in [-0.25, -0.2) is 0 Å². The molecule has 0 radical (unpaired) electrons. The zero-order chi connectivity index (χ0) is 9.10. The van der Waals surface area contributed by atoms with Gasteiger partial charge in [-0.15, -0.1) is 0 Å². The number of nitrogens with zero attached hydrogens (tertiary/aromatic N) is 2. The number of piperazine rings is 1. The molecule has 0 aromatic heterocycles. The van der Waals surface area contributed by atoms with Gasteiger partial charge in [0.15, 0.2) is 0 Å². The summed E-state index contributed by atoms with van der Waals surface area (Å²) in [5.74, 6) is 0. The van der Waals surface area contributed by atoms with Crippen molar-refractivity contribution < 1.29 is 4.74 Å². The van der Waals surface area contributed by atoms with Crippen molar-refractivity contribution in [3.8, 4) is 0 Å². The third-order valence-corrected chi connectivity index (χ3v) is 2.94. The maximum atomic E-state index is 5.50. The lowest BCUT2D eigenvalue weighted by Gasteiger charge is -2.42. The van der Waals surface area contributed by atoms with Gasteiger partial charge in [0.25, 0.3) is 0 Å². The zero-order valence-corrected chi connectivity index (χ0v) is 8.33. The van der Waals surface area contributed by atoms with Crippen LogP contribution >= 0.6 is 0 Å². The predicted octanol–water partition coefficient (Wildman–Crippen LogP) is -0.820. The van der Waals surface area contributed by atoms with Crippen LogP contribution in [0.15, 0.2) is 0 Å². The van der Waals surface area contributed by atoms with E-state index in [1.54, 1.807) is 0 Å². The van der Waals surface area contributed by atoms with Crippen molar-refractivity contribution in [2.75, 3.05) is 53.0 Å². The lowest BCUT2D eigenvalue weighted by Crippen LogP contribution is -2.58. The van der Waals surface area contributed by atoms with Gasteiger partial charge in [-0.05, 0) is 7.05 Å². The van der Waals surface area contributed by atoms with E-state index in [9.17, 15) is 0 Å². The first kappa shape index (κ1) is 9.40. The van der Waals surface area contributed by atoms with Crippen LogP contribution in [0.4, 0.5) is 0 Å². The van der Waals surface area contributed by atoms with Crippen LogP contribution in [0.3, 0.4) is 0 Å². The monoisotopic (exact) mass is 185 g/mol. The van der Waals surface area contributed by atoms with Crippen molar-refractivity contribution in [2.45, 2.75) is 6.17 Å². The first-order chi connectivity index (χ1) is 6.38. The second-order valence-corrected chi connectivity index (χ2v) is 3.82. The van der Waals surface area contributed by atoms with E-state index in [1.807, 2.05) is 0 Å². The molecular formula is C9H19N3O. The van der Waals surface area contributed by atoms with Gasteiger partial charge in [-0.2, -0.15) is 0 Å². The number of nitrogens with one attached hydrogen (secondary N) is 1. The van der Waals surface area contributed by atoms with Gasteiger partial charge in [0.2, 0.25) is 0 Å². The van der Waals surface area contributed by atoms with Gasteiger partial charge < -0.3 is 10.1 Å². The first-order valence-electron chi connectivity index (χ1n) is 5.11. The van der Waals surface area contributed by atoms with E-state index in [-0.39, 0.29) is 0 Å². The maximum absolute atomic E-state index is 5.50. The highest BCUT2D eigenvalue weighted by Crippen LogP contribution is 2.09. The minimum atomic E-state index is 0.510. The van der Waals surface area contributed by atoms with Gasteiger partial charge in [0.1, 0.15) is 0 Å². The Labute approximate surface area is 79.8 Å². The van der Waals surface area contributed by atoms with Crippen molar-refractivity contribution in [3.05, 3.63) is 0 Å². The van der Waals surface area contributed by atoms with Gasteiger partial charge in [0.05, 0.1) is 19.4 Å². The van der Waals surface area contributed by atoms with Crippen molar-refractivity contribution >= 4 is 0 Å². The second kappa shape index (κ2) is 4.37. The summed E-state index contributed by atoms with van der Waals surface area (Å²) in [7, 11) is 2.19. The van der Waals surface area contributed by atoms with E-state index in [2.05, 4.69) is 22.2 Å². The van der Waals surface area contributed by atoms with Gasteiger partial charge in [-0.1, -0.05) is 0 Å². The molecule has 0 aromatic rings. The quantitative estimate of drug-likeness (QED) is 0.577. The summed E-state index contributed by atoms with van der Waals surface area (Å²) >= 11 is 0. The molecule has 1 unspecified atom stereocenters. The van der Waals surface area contributed by atoms with Crippen LogP contribution in [-0.4, -0.2) is 69.0 Å². The number of rotatable bonds is 1. The van der Waals surface area contributed by atoms with E-state index >= 15 is 0 Å². The molecule has 0 bridgehead atoms. The molecule has 0 amide bonds. The van der Waals surface area contributed by atoms with Gasteiger partial charge in [0, 0.05) is 32.7 Å². The highest BCUT2D eigenvalue weighted by molar-refractivity contribution is 4.77. The number of morpholine rings is 1. The molecule has 2 rings (SSSR count). The fourth-order valence-corrected chi connectivity index (χ4v) is 2.04. The molecule has 0 saturated carbocycles. The normalized spacial score (nSPS) is 33.5. The smallest absolute Gasteiger partial charge is 0.0863 e. The standard InChI is InChI=1S/C9H19N3O/c1-11-6-7-13-8-9(11)12-4-2-10-3-5-12/h9-10H,2-8H2,1H3. The molecule has 2 heterocycles. The number of ether oxygens (including phenoxy) is 1. The Bertz CT molecular complexity index is 159. The maximum Gasteiger partial charge on any atom is 0.0863 e. The lowest BCUT2D eigenvalue weighted by molar-refractivity contribution is -0.0674. The summed E-state index contributed by atoms with van der Waals surface area (Å²) in [6, 6.07) is 0. The fourth-order valence-electron chi connectivity index (χ4n) is 2.04. The Morgan fingerprint density at radius 1 is 1.23 bits per heavy atom. The average Bonchev–Trinajstić information content (AvgIpc) is 2.20. The Morgan fingerprint density at radius 2 is 2.00 bits per heavy atom. The molecule has 2 saturated heterocycles. The minimum Gasteiger partial charge on any atom is -0.377 e. The Kier molecular flexibility index (Phi) is 3.16. The summed E-state index contributed by atoms with van der Waals surface area (Å²) in [5, 5.41) is 3.37. The summed E-state index contributed by atoms with van der Waals surface area (Å²) in [4.78, 5) is 4.91. The van der Waals surface area contributed by atoms with Crippen LogP contribution in [-0.2, 0) is 4.74 Å². The van der Waals surface area contributed by atoms with E-state index < -0.39 is 0 Å². The molecule has 2 aliphatic rings. The molecule has 13 heavy (non-hydrogen) atoms. The molecule has 2 fully saturated rings. The van der Waals surface area contributed by atoms with Gasteiger partial charge in [-0.3, -0.25) is 9.80 Å². The van der Waals surface area contributed by atoms with Crippen molar-refractivity contribution in [3.63, 3.8) is 0 Å². The number of hydrogen-bond acceptors (Lipinski definition) is 4. The molecule has 2 aliphatic heterocycles. The molecule has 4 heteroatoms. The van der Waals surface area contributed by atoms with Crippen LogP contribution in [0.2, 0.25) is 0 Å². The van der Waals surface area contributed by atoms with Crippen LogP contribution in [0.5, 0.6) is 0 Å². The summed E-state index contributed by atoms with van der Waals surface area (Å²) < 4.78 is 5.50. The van der Waals surface area contributed by atoms with Crippen molar-refractivity contribution in [2.24, 2.45) is 0 Å². The topological polar surface area (TPSA) is 27.7 Å². The van der Waals surface area contributed by atoms with Crippen LogP contribution in [0.1, 0.15) is 0 Å². The molecular weight excluding hydrogens is 166 g/mol. The molecule has 0 aliphatic carbocycles. The SMILES string of the molecule is CN1CCOCC1N1CCNCC1. The average molecular weight is 185 g/mol. The van der Waals surface area contributed by atoms with E-state index in [0.717, 1.165) is 45.9 Å². The fraction of sp³-hybridized carbons (Fsp3) is 1.00.